The zero-order chi connectivity index (χ0) is 16.4. The molecular formula is C17H18N4O2. The maximum Gasteiger partial charge on any atom is 0.256 e. The molecule has 0 saturated heterocycles. The molecule has 23 heavy (non-hydrogen) atoms. The number of hydrogen-bond acceptors (Lipinski definition) is 4. The van der Waals surface area contributed by atoms with E-state index in [1.165, 1.54) is 16.8 Å². The predicted octanol–water partition coefficient (Wildman–Crippen LogP) is 2.49. The van der Waals surface area contributed by atoms with Crippen LogP contribution in [0.25, 0.3) is 16.9 Å². The lowest BCUT2D eigenvalue weighted by Crippen LogP contribution is -2.27. The zero-order valence-corrected chi connectivity index (χ0v) is 13.0. The highest BCUT2D eigenvalue weighted by Gasteiger charge is 2.17. The lowest BCUT2D eigenvalue weighted by Gasteiger charge is -2.07. The Labute approximate surface area is 133 Å². The van der Waals surface area contributed by atoms with E-state index in [0.29, 0.717) is 29.4 Å². The van der Waals surface area contributed by atoms with Gasteiger partial charge in [-0.3, -0.25) is 4.79 Å². The van der Waals surface area contributed by atoms with Gasteiger partial charge in [0.2, 0.25) is 5.88 Å². The summed E-state index contributed by atoms with van der Waals surface area (Å²) in [6.45, 7) is 4.61. The maximum atomic E-state index is 12.3. The number of carbonyl (C=O) groups excluding carboxylic acids is 1. The Morgan fingerprint density at radius 3 is 2.74 bits per heavy atom. The summed E-state index contributed by atoms with van der Waals surface area (Å²) in [5, 5.41) is 17.0. The number of rotatable bonds is 4. The first kappa shape index (κ1) is 15.0. The number of hydrogen-bond donors (Lipinski definition) is 2. The highest BCUT2D eigenvalue weighted by atomic mass is 16.3. The second kappa shape index (κ2) is 6.08. The van der Waals surface area contributed by atoms with Gasteiger partial charge in [0, 0.05) is 18.2 Å². The molecule has 0 aliphatic rings. The van der Waals surface area contributed by atoms with Gasteiger partial charge in [-0.15, -0.1) is 0 Å². The van der Waals surface area contributed by atoms with E-state index in [1.807, 2.05) is 44.2 Å². The molecular weight excluding hydrogens is 292 g/mol. The van der Waals surface area contributed by atoms with Gasteiger partial charge >= 0.3 is 0 Å². The van der Waals surface area contributed by atoms with Crippen LogP contribution in [-0.2, 0) is 0 Å². The molecule has 0 bridgehead atoms. The third-order valence-corrected chi connectivity index (χ3v) is 3.44. The molecule has 6 heteroatoms. The first-order chi connectivity index (χ1) is 11.1. The highest BCUT2D eigenvalue weighted by Crippen LogP contribution is 2.24. The van der Waals surface area contributed by atoms with Crippen LogP contribution in [0.2, 0.25) is 0 Å². The summed E-state index contributed by atoms with van der Waals surface area (Å²) in [6.07, 6.45) is 1.42. The van der Waals surface area contributed by atoms with Crippen molar-refractivity contribution in [2.24, 2.45) is 5.92 Å². The standard InChI is InChI=1S/C17H18N4O2/c1-11(2)9-18-17(23)13-10-19-21-15(22)8-14(20-16(13)21)12-6-4-3-5-7-12/h3-8,10-11,22H,9H2,1-2H3,(H,18,23). The van der Waals surface area contributed by atoms with Gasteiger partial charge in [0.1, 0.15) is 5.56 Å². The van der Waals surface area contributed by atoms with E-state index in [9.17, 15) is 9.90 Å². The summed E-state index contributed by atoms with van der Waals surface area (Å²) in [5.74, 6) is 0.0459. The van der Waals surface area contributed by atoms with Crippen LogP contribution < -0.4 is 5.32 Å². The van der Waals surface area contributed by atoms with Crippen molar-refractivity contribution in [2.75, 3.05) is 6.54 Å². The van der Waals surface area contributed by atoms with Crippen LogP contribution in [0.5, 0.6) is 5.88 Å². The molecule has 1 aromatic carbocycles. The molecule has 0 saturated carbocycles. The van der Waals surface area contributed by atoms with Crippen molar-refractivity contribution in [1.29, 1.82) is 0 Å². The van der Waals surface area contributed by atoms with E-state index in [2.05, 4.69) is 15.4 Å². The lowest BCUT2D eigenvalue weighted by molar-refractivity contribution is 0.0950. The van der Waals surface area contributed by atoms with Gasteiger partial charge in [-0.25, -0.2) is 4.98 Å². The molecule has 118 valence electrons. The maximum absolute atomic E-state index is 12.3. The van der Waals surface area contributed by atoms with Crippen molar-refractivity contribution in [1.82, 2.24) is 19.9 Å². The number of aromatic nitrogens is 3. The fourth-order valence-electron chi connectivity index (χ4n) is 2.26. The van der Waals surface area contributed by atoms with Crippen LogP contribution >= 0.6 is 0 Å². The van der Waals surface area contributed by atoms with Crippen LogP contribution in [-0.4, -0.2) is 32.2 Å². The second-order valence-electron chi connectivity index (χ2n) is 5.76. The van der Waals surface area contributed by atoms with Crippen LogP contribution in [0, 0.1) is 5.92 Å². The largest absolute Gasteiger partial charge is 0.493 e. The number of nitrogens with zero attached hydrogens (tertiary/aromatic N) is 3. The molecule has 1 amide bonds. The Morgan fingerprint density at radius 1 is 1.30 bits per heavy atom. The smallest absolute Gasteiger partial charge is 0.256 e. The van der Waals surface area contributed by atoms with E-state index < -0.39 is 0 Å². The Morgan fingerprint density at radius 2 is 2.04 bits per heavy atom. The Bertz CT molecular complexity index is 840. The van der Waals surface area contributed by atoms with E-state index >= 15 is 0 Å². The summed E-state index contributed by atoms with van der Waals surface area (Å²) in [6, 6.07) is 11.0. The Balaban J connectivity index is 2.04. The van der Waals surface area contributed by atoms with Crippen molar-refractivity contribution in [3.05, 3.63) is 48.2 Å². The average molecular weight is 310 g/mol. The lowest BCUT2D eigenvalue weighted by atomic mass is 10.1. The monoisotopic (exact) mass is 310 g/mol. The minimum Gasteiger partial charge on any atom is -0.493 e. The topological polar surface area (TPSA) is 79.5 Å². The van der Waals surface area contributed by atoms with Crippen LogP contribution in [0.3, 0.4) is 0 Å². The zero-order valence-electron chi connectivity index (χ0n) is 13.0. The molecule has 0 unspecified atom stereocenters. The van der Waals surface area contributed by atoms with Gasteiger partial charge in [-0.2, -0.15) is 9.61 Å². The number of amides is 1. The first-order valence-corrected chi connectivity index (χ1v) is 7.47. The number of benzene rings is 1. The fourth-order valence-corrected chi connectivity index (χ4v) is 2.26. The van der Waals surface area contributed by atoms with Crippen molar-refractivity contribution in [3.63, 3.8) is 0 Å². The summed E-state index contributed by atoms with van der Waals surface area (Å²) in [5.41, 5.74) is 2.14. The number of nitrogens with one attached hydrogen (secondary N) is 1. The molecule has 0 aliphatic heterocycles. The van der Waals surface area contributed by atoms with Gasteiger partial charge in [0.05, 0.1) is 11.9 Å². The van der Waals surface area contributed by atoms with Crippen LogP contribution in [0.4, 0.5) is 0 Å². The van der Waals surface area contributed by atoms with Crippen molar-refractivity contribution in [2.45, 2.75) is 13.8 Å². The van der Waals surface area contributed by atoms with E-state index in [0.717, 1.165) is 5.56 Å². The van der Waals surface area contributed by atoms with Gasteiger partial charge < -0.3 is 10.4 Å². The minimum atomic E-state index is -0.245. The molecule has 3 aromatic rings. The summed E-state index contributed by atoms with van der Waals surface area (Å²) < 4.78 is 1.26. The molecule has 2 heterocycles. The van der Waals surface area contributed by atoms with Crippen LogP contribution in [0.15, 0.2) is 42.6 Å². The Kier molecular flexibility index (Phi) is 3.97. The fraction of sp³-hybridized carbons (Fsp3) is 0.235. The quantitative estimate of drug-likeness (QED) is 0.776. The predicted molar refractivity (Wildman–Crippen MR) is 87.3 cm³/mol. The van der Waals surface area contributed by atoms with Gasteiger partial charge in [0.15, 0.2) is 5.65 Å². The third kappa shape index (κ3) is 3.01. The molecule has 3 rings (SSSR count). The SMILES string of the molecule is CC(C)CNC(=O)c1cnn2c(O)cc(-c3ccccc3)nc12. The number of aromatic hydroxyl groups is 1. The van der Waals surface area contributed by atoms with Gasteiger partial charge in [-0.05, 0) is 5.92 Å². The number of carbonyl (C=O) groups is 1. The summed E-state index contributed by atoms with van der Waals surface area (Å²) in [4.78, 5) is 16.8. The van der Waals surface area contributed by atoms with Crippen molar-refractivity contribution in [3.8, 4) is 17.1 Å². The molecule has 0 spiro atoms. The number of fused-ring (bicyclic) bond motifs is 1. The van der Waals surface area contributed by atoms with E-state index in [-0.39, 0.29) is 11.8 Å². The Hall–Kier alpha value is -2.89. The molecule has 0 fully saturated rings. The summed E-state index contributed by atoms with van der Waals surface area (Å²) in [7, 11) is 0. The highest BCUT2D eigenvalue weighted by molar-refractivity contribution is 5.99. The van der Waals surface area contributed by atoms with E-state index in [4.69, 9.17) is 0 Å². The molecule has 0 aliphatic carbocycles. The van der Waals surface area contributed by atoms with Crippen molar-refractivity contribution < 1.29 is 9.90 Å². The molecule has 2 aromatic heterocycles. The van der Waals surface area contributed by atoms with Crippen molar-refractivity contribution >= 4 is 11.6 Å². The van der Waals surface area contributed by atoms with Gasteiger partial charge in [0.25, 0.3) is 5.91 Å². The molecule has 2 N–H and O–H groups in total. The third-order valence-electron chi connectivity index (χ3n) is 3.44. The van der Waals surface area contributed by atoms with Gasteiger partial charge in [-0.1, -0.05) is 44.2 Å². The molecule has 0 atom stereocenters. The minimum absolute atomic E-state index is 0.0586. The van der Waals surface area contributed by atoms with Crippen LogP contribution in [0.1, 0.15) is 24.2 Å². The van der Waals surface area contributed by atoms with E-state index in [1.54, 1.807) is 0 Å². The molecule has 0 radical (unpaired) electrons. The second-order valence-corrected chi connectivity index (χ2v) is 5.76. The molecule has 6 nitrogen and oxygen atoms in total. The first-order valence-electron chi connectivity index (χ1n) is 7.47. The normalized spacial score (nSPS) is 11.1. The summed E-state index contributed by atoms with van der Waals surface area (Å²) >= 11 is 0. The average Bonchev–Trinajstić information content (AvgIpc) is 2.98.